The van der Waals surface area contributed by atoms with Gasteiger partial charge < -0.3 is 15.0 Å². The van der Waals surface area contributed by atoms with Crippen molar-refractivity contribution in [3.63, 3.8) is 0 Å². The second-order valence-corrected chi connectivity index (χ2v) is 5.58. The van der Waals surface area contributed by atoms with Crippen LogP contribution in [0.4, 0.5) is 0 Å². The zero-order chi connectivity index (χ0) is 14.9. The van der Waals surface area contributed by atoms with Crippen molar-refractivity contribution in [1.29, 1.82) is 0 Å². The van der Waals surface area contributed by atoms with Gasteiger partial charge in [-0.1, -0.05) is 29.8 Å². The average Bonchev–Trinajstić information content (AvgIpc) is 2.50. The number of morpholine rings is 1. The summed E-state index contributed by atoms with van der Waals surface area (Å²) < 4.78 is 5.32. The molecule has 1 saturated heterocycles. The molecule has 1 heterocycles. The molecule has 0 atom stereocenters. The van der Waals surface area contributed by atoms with E-state index in [0.717, 1.165) is 45.0 Å². The minimum Gasteiger partial charge on any atom is -0.370 e. The van der Waals surface area contributed by atoms with E-state index >= 15 is 0 Å². The van der Waals surface area contributed by atoms with E-state index in [4.69, 9.17) is 28.6 Å². The van der Waals surface area contributed by atoms with E-state index < -0.39 is 0 Å². The monoisotopic (exact) mass is 327 g/mol. The summed E-state index contributed by atoms with van der Waals surface area (Å²) >= 11 is 11.2. The van der Waals surface area contributed by atoms with Crippen molar-refractivity contribution >= 4 is 35.1 Å². The predicted octanol–water partition coefficient (Wildman–Crippen LogP) is 0.0531. The molecule has 1 fully saturated rings. The van der Waals surface area contributed by atoms with Crippen LogP contribution in [0.15, 0.2) is 29.4 Å². The van der Waals surface area contributed by atoms with Gasteiger partial charge in [0.2, 0.25) is 0 Å². The van der Waals surface area contributed by atoms with Gasteiger partial charge in [0.15, 0.2) is 5.11 Å². The summed E-state index contributed by atoms with van der Waals surface area (Å²) in [6, 6.07) is 7.51. The lowest BCUT2D eigenvalue weighted by Gasteiger charge is -2.23. The van der Waals surface area contributed by atoms with Crippen LogP contribution >= 0.6 is 23.8 Å². The highest BCUT2D eigenvalue weighted by Gasteiger charge is 2.12. The van der Waals surface area contributed by atoms with E-state index in [-0.39, 0.29) is 0 Å². The molecule has 1 aromatic carbocycles. The molecule has 0 unspecified atom stereocenters. The van der Waals surface area contributed by atoms with Crippen molar-refractivity contribution in [1.82, 2.24) is 10.7 Å². The fourth-order valence-electron chi connectivity index (χ4n) is 2.04. The van der Waals surface area contributed by atoms with Crippen molar-refractivity contribution in [2.24, 2.45) is 5.10 Å². The number of rotatable bonds is 5. The molecule has 0 bridgehead atoms. The van der Waals surface area contributed by atoms with Gasteiger partial charge in [-0.15, -0.1) is 0 Å². The Morgan fingerprint density at radius 2 is 2.14 bits per heavy atom. The third-order valence-electron chi connectivity index (χ3n) is 3.24. The first-order valence-electron chi connectivity index (χ1n) is 6.98. The average molecular weight is 328 g/mol. The zero-order valence-corrected chi connectivity index (χ0v) is 13.3. The molecule has 0 aromatic heterocycles. The molecule has 114 valence electrons. The molecular weight excluding hydrogens is 308 g/mol. The maximum Gasteiger partial charge on any atom is 0.187 e. The highest BCUT2D eigenvalue weighted by molar-refractivity contribution is 7.80. The van der Waals surface area contributed by atoms with Gasteiger partial charge >= 0.3 is 0 Å². The number of ether oxygens (including phenoxy) is 1. The van der Waals surface area contributed by atoms with Crippen molar-refractivity contribution in [2.75, 3.05) is 39.4 Å². The molecule has 0 amide bonds. The fraction of sp³-hybridized carbons (Fsp3) is 0.429. The molecule has 5 nitrogen and oxygen atoms in total. The number of hydrogen-bond acceptors (Lipinski definition) is 3. The largest absolute Gasteiger partial charge is 0.370 e. The third kappa shape index (κ3) is 5.97. The van der Waals surface area contributed by atoms with Gasteiger partial charge in [0.1, 0.15) is 13.1 Å². The Morgan fingerprint density at radius 1 is 1.38 bits per heavy atom. The molecule has 0 aliphatic carbocycles. The molecule has 2 rings (SSSR count). The van der Waals surface area contributed by atoms with Crippen LogP contribution in [0.25, 0.3) is 0 Å². The van der Waals surface area contributed by atoms with E-state index in [0.29, 0.717) is 10.1 Å². The second-order valence-electron chi connectivity index (χ2n) is 4.76. The predicted molar refractivity (Wildman–Crippen MR) is 89.2 cm³/mol. The molecule has 21 heavy (non-hydrogen) atoms. The lowest BCUT2D eigenvalue weighted by molar-refractivity contribution is -0.906. The molecule has 3 N–H and O–H groups in total. The van der Waals surface area contributed by atoms with Crippen LogP contribution in [0.3, 0.4) is 0 Å². The molecule has 0 radical (unpaired) electrons. The highest BCUT2D eigenvalue weighted by Crippen LogP contribution is 2.11. The van der Waals surface area contributed by atoms with E-state index in [1.807, 2.05) is 24.3 Å². The lowest BCUT2D eigenvalue weighted by atomic mass is 10.2. The van der Waals surface area contributed by atoms with E-state index in [1.165, 1.54) is 4.90 Å². The van der Waals surface area contributed by atoms with E-state index in [9.17, 15) is 0 Å². The Balaban J connectivity index is 1.64. The van der Waals surface area contributed by atoms with Crippen LogP contribution < -0.4 is 15.6 Å². The van der Waals surface area contributed by atoms with Crippen LogP contribution in [-0.2, 0) is 4.74 Å². The van der Waals surface area contributed by atoms with Gasteiger partial charge in [0, 0.05) is 10.6 Å². The van der Waals surface area contributed by atoms with E-state index in [1.54, 1.807) is 6.21 Å². The summed E-state index contributed by atoms with van der Waals surface area (Å²) in [6.07, 6.45) is 1.66. The van der Waals surface area contributed by atoms with E-state index in [2.05, 4.69) is 15.8 Å². The number of halogens is 1. The Kier molecular flexibility index (Phi) is 6.88. The number of quaternary nitrogens is 1. The van der Waals surface area contributed by atoms with Gasteiger partial charge in [-0.2, -0.15) is 5.10 Å². The molecular formula is C14H20ClN4OS+. The summed E-state index contributed by atoms with van der Waals surface area (Å²) in [6.45, 7) is 5.67. The third-order valence-corrected chi connectivity index (χ3v) is 3.82. The number of hydrogen-bond donors (Lipinski definition) is 3. The van der Waals surface area contributed by atoms with Gasteiger partial charge in [-0.05, 0) is 18.3 Å². The first kappa shape index (κ1) is 16.2. The summed E-state index contributed by atoms with van der Waals surface area (Å²) in [5.74, 6) is 0. The number of thiocarbonyl (C=S) groups is 1. The molecule has 1 aliphatic rings. The topological polar surface area (TPSA) is 50.1 Å². The quantitative estimate of drug-likeness (QED) is 0.406. The minimum absolute atomic E-state index is 0.519. The standard InChI is InChI=1S/C14H19ClN4OS/c15-13-4-2-1-3-12(13)11-17-18-14(21)16-5-6-19-7-9-20-10-8-19/h1-4,11H,5-10H2,(H2,16,18,21)/p+1/b17-11-. The number of nitrogens with one attached hydrogen (secondary N) is 3. The summed E-state index contributed by atoms with van der Waals surface area (Å²) in [7, 11) is 0. The smallest absolute Gasteiger partial charge is 0.187 e. The molecule has 1 aromatic rings. The highest BCUT2D eigenvalue weighted by atomic mass is 35.5. The van der Waals surface area contributed by atoms with Crippen molar-refractivity contribution in [2.45, 2.75) is 0 Å². The first-order chi connectivity index (χ1) is 10.3. The molecule has 0 spiro atoms. The minimum atomic E-state index is 0.519. The Labute approximate surface area is 135 Å². The Morgan fingerprint density at radius 3 is 2.90 bits per heavy atom. The van der Waals surface area contributed by atoms with Crippen LogP contribution in [0.2, 0.25) is 5.02 Å². The van der Waals surface area contributed by atoms with Crippen LogP contribution in [-0.4, -0.2) is 50.7 Å². The van der Waals surface area contributed by atoms with Crippen LogP contribution in [0.5, 0.6) is 0 Å². The zero-order valence-electron chi connectivity index (χ0n) is 11.8. The van der Waals surface area contributed by atoms with Crippen molar-refractivity contribution in [3.05, 3.63) is 34.9 Å². The lowest BCUT2D eigenvalue weighted by Crippen LogP contribution is -3.14. The van der Waals surface area contributed by atoms with Gasteiger partial charge in [-0.25, -0.2) is 0 Å². The molecule has 0 saturated carbocycles. The number of benzene rings is 1. The first-order valence-corrected chi connectivity index (χ1v) is 7.77. The van der Waals surface area contributed by atoms with Crippen LogP contribution in [0.1, 0.15) is 5.56 Å². The maximum absolute atomic E-state index is 6.03. The maximum atomic E-state index is 6.03. The fourth-order valence-corrected chi connectivity index (χ4v) is 2.38. The summed E-state index contributed by atoms with van der Waals surface area (Å²) in [4.78, 5) is 1.54. The Hall–Kier alpha value is -1.21. The second kappa shape index (κ2) is 8.94. The summed E-state index contributed by atoms with van der Waals surface area (Å²) in [5.41, 5.74) is 3.65. The molecule has 7 heteroatoms. The Bertz CT molecular complexity index is 492. The number of hydrazone groups is 1. The van der Waals surface area contributed by atoms with Gasteiger partial charge in [0.05, 0.1) is 32.5 Å². The molecule has 1 aliphatic heterocycles. The van der Waals surface area contributed by atoms with Gasteiger partial charge in [0.25, 0.3) is 0 Å². The summed E-state index contributed by atoms with van der Waals surface area (Å²) in [5, 5.41) is 8.40. The van der Waals surface area contributed by atoms with Gasteiger partial charge in [-0.3, -0.25) is 5.43 Å². The normalized spacial score (nSPS) is 16.0. The van der Waals surface area contributed by atoms with Crippen LogP contribution in [0, 0.1) is 0 Å². The van der Waals surface area contributed by atoms with Crippen molar-refractivity contribution < 1.29 is 9.64 Å². The number of nitrogens with zero attached hydrogens (tertiary/aromatic N) is 1. The van der Waals surface area contributed by atoms with Crippen molar-refractivity contribution in [3.8, 4) is 0 Å². The SMILES string of the molecule is S=C(NCC[NH+]1CCOCC1)N/N=C\c1ccccc1Cl.